The van der Waals surface area contributed by atoms with E-state index in [2.05, 4.69) is 10.3 Å². The van der Waals surface area contributed by atoms with E-state index in [1.807, 2.05) is 45.2 Å². The second-order valence-electron chi connectivity index (χ2n) is 5.17. The van der Waals surface area contributed by atoms with Gasteiger partial charge in [-0.3, -0.25) is 4.79 Å². The molecule has 0 radical (unpaired) electrons. The molecular weight excluding hydrogens is 320 g/mol. The number of carbonyl (C=O) groups is 1. The van der Waals surface area contributed by atoms with Crippen LogP contribution in [0.15, 0.2) is 36.5 Å². The van der Waals surface area contributed by atoms with Crippen LogP contribution in [0.2, 0.25) is 0 Å². The first-order chi connectivity index (χ1) is 12.2. The van der Waals surface area contributed by atoms with Crippen molar-refractivity contribution in [2.45, 2.75) is 27.3 Å². The van der Waals surface area contributed by atoms with E-state index < -0.39 is 0 Å². The quantitative estimate of drug-likeness (QED) is 0.758. The number of nitrogens with one attached hydrogen (secondary N) is 2. The molecule has 0 aliphatic rings. The summed E-state index contributed by atoms with van der Waals surface area (Å²) in [6, 6.07) is 9.08. The Morgan fingerprint density at radius 3 is 2.16 bits per heavy atom. The van der Waals surface area contributed by atoms with E-state index in [1.54, 1.807) is 12.1 Å². The number of ether oxygens (including phenoxy) is 3. The van der Waals surface area contributed by atoms with Crippen LogP contribution in [0, 0.1) is 0 Å². The second-order valence-corrected chi connectivity index (χ2v) is 5.17. The average Bonchev–Trinajstić information content (AvgIpc) is 2.63. The maximum Gasteiger partial charge on any atom is 0.252 e. The molecule has 0 bridgehead atoms. The van der Waals surface area contributed by atoms with Gasteiger partial charge in [0.1, 0.15) is 6.54 Å². The number of aromatic amines is 1. The number of amides is 1. The molecule has 0 unspecified atom stereocenters. The highest BCUT2D eigenvalue weighted by molar-refractivity contribution is 5.95. The summed E-state index contributed by atoms with van der Waals surface area (Å²) in [4.78, 5) is 15.6. The number of rotatable bonds is 9. The molecule has 1 heterocycles. The summed E-state index contributed by atoms with van der Waals surface area (Å²) < 4.78 is 16.9. The topological polar surface area (TPSA) is 70.9 Å². The molecule has 0 spiro atoms. The van der Waals surface area contributed by atoms with Gasteiger partial charge < -0.3 is 19.5 Å². The lowest BCUT2D eigenvalue weighted by atomic mass is 10.1. The molecule has 0 fully saturated rings. The molecule has 0 saturated carbocycles. The number of pyridine rings is 1. The average molecular weight is 345 g/mol. The van der Waals surface area contributed by atoms with Crippen molar-refractivity contribution in [3.63, 3.8) is 0 Å². The summed E-state index contributed by atoms with van der Waals surface area (Å²) in [6.45, 7) is 7.48. The summed E-state index contributed by atoms with van der Waals surface area (Å²) in [5.74, 6) is 1.33. The standard InChI is InChI=1S/C19H24N2O4/c1-4-23-16-11-14(12-17(24-5-2)18(16)25-6-3)19(22)21-13-15-9-7-8-10-20-15/h7-12H,4-6,13H2,1-3H3,(H,21,22)/p+1. The zero-order valence-electron chi connectivity index (χ0n) is 14.9. The van der Waals surface area contributed by atoms with E-state index in [0.717, 1.165) is 5.69 Å². The fraction of sp³-hybridized carbons (Fsp3) is 0.368. The molecule has 0 saturated heterocycles. The van der Waals surface area contributed by atoms with Gasteiger partial charge in [0.2, 0.25) is 5.75 Å². The van der Waals surface area contributed by atoms with Crippen LogP contribution in [-0.4, -0.2) is 25.7 Å². The molecule has 0 atom stereocenters. The van der Waals surface area contributed by atoms with Crippen LogP contribution >= 0.6 is 0 Å². The number of aromatic nitrogens is 1. The molecule has 0 aliphatic carbocycles. The third-order valence-corrected chi connectivity index (χ3v) is 3.38. The van der Waals surface area contributed by atoms with Gasteiger partial charge in [0.25, 0.3) is 5.91 Å². The minimum absolute atomic E-state index is 0.206. The Morgan fingerprint density at radius 1 is 1.00 bits per heavy atom. The highest BCUT2D eigenvalue weighted by Gasteiger charge is 2.18. The smallest absolute Gasteiger partial charge is 0.252 e. The van der Waals surface area contributed by atoms with E-state index >= 15 is 0 Å². The Kier molecular flexibility index (Phi) is 7.07. The van der Waals surface area contributed by atoms with Crippen LogP contribution in [0.1, 0.15) is 36.8 Å². The van der Waals surface area contributed by atoms with Gasteiger partial charge in [-0.1, -0.05) is 6.07 Å². The summed E-state index contributed by atoms with van der Waals surface area (Å²) in [6.07, 6.45) is 1.82. The Hall–Kier alpha value is -2.76. The summed E-state index contributed by atoms with van der Waals surface area (Å²) in [7, 11) is 0. The third kappa shape index (κ3) is 5.11. The Bertz CT molecular complexity index is 662. The van der Waals surface area contributed by atoms with E-state index in [4.69, 9.17) is 14.2 Å². The minimum atomic E-state index is -0.206. The summed E-state index contributed by atoms with van der Waals surface area (Å²) >= 11 is 0. The van der Waals surface area contributed by atoms with Crippen LogP contribution in [0.5, 0.6) is 17.2 Å². The highest BCUT2D eigenvalue weighted by atomic mass is 16.5. The number of hydrogen-bond donors (Lipinski definition) is 1. The van der Waals surface area contributed by atoms with Crippen molar-refractivity contribution in [1.29, 1.82) is 0 Å². The number of hydrogen-bond acceptors (Lipinski definition) is 4. The molecule has 6 nitrogen and oxygen atoms in total. The fourth-order valence-corrected chi connectivity index (χ4v) is 2.34. The maximum absolute atomic E-state index is 12.5. The van der Waals surface area contributed by atoms with Gasteiger partial charge >= 0.3 is 0 Å². The van der Waals surface area contributed by atoms with Gasteiger partial charge in [-0.25, -0.2) is 4.98 Å². The molecule has 134 valence electrons. The third-order valence-electron chi connectivity index (χ3n) is 3.38. The summed E-state index contributed by atoms with van der Waals surface area (Å²) in [5.41, 5.74) is 1.38. The maximum atomic E-state index is 12.5. The fourth-order valence-electron chi connectivity index (χ4n) is 2.34. The van der Waals surface area contributed by atoms with Gasteiger partial charge in [0.05, 0.1) is 19.8 Å². The normalized spacial score (nSPS) is 10.2. The van der Waals surface area contributed by atoms with Crippen molar-refractivity contribution in [3.8, 4) is 17.2 Å². The van der Waals surface area contributed by atoms with E-state index in [9.17, 15) is 4.79 Å². The van der Waals surface area contributed by atoms with Gasteiger partial charge in [0, 0.05) is 17.7 Å². The number of carbonyl (C=O) groups excluding carboxylic acids is 1. The first-order valence-corrected chi connectivity index (χ1v) is 8.49. The number of benzene rings is 1. The molecule has 2 N–H and O–H groups in total. The zero-order valence-corrected chi connectivity index (χ0v) is 14.9. The molecule has 2 aromatic rings. The second kappa shape index (κ2) is 9.52. The predicted molar refractivity (Wildman–Crippen MR) is 94.1 cm³/mol. The molecule has 1 aromatic heterocycles. The van der Waals surface area contributed by atoms with E-state index in [0.29, 0.717) is 49.2 Å². The van der Waals surface area contributed by atoms with Gasteiger partial charge in [-0.05, 0) is 32.9 Å². The number of H-pyrrole nitrogens is 1. The Morgan fingerprint density at radius 2 is 1.64 bits per heavy atom. The lowest BCUT2D eigenvalue weighted by Crippen LogP contribution is -2.26. The van der Waals surface area contributed by atoms with E-state index in [1.165, 1.54) is 0 Å². The Balaban J connectivity index is 2.24. The molecule has 25 heavy (non-hydrogen) atoms. The van der Waals surface area contributed by atoms with Gasteiger partial charge in [-0.15, -0.1) is 0 Å². The van der Waals surface area contributed by atoms with Crippen LogP contribution in [0.4, 0.5) is 0 Å². The lowest BCUT2D eigenvalue weighted by molar-refractivity contribution is -0.390. The van der Waals surface area contributed by atoms with Crippen LogP contribution < -0.4 is 24.5 Å². The van der Waals surface area contributed by atoms with Crippen LogP contribution in [-0.2, 0) is 6.54 Å². The molecule has 6 heteroatoms. The molecule has 1 amide bonds. The molecular formula is C19H25N2O4+. The SMILES string of the molecule is CCOc1cc(C(=O)NCc2cccc[nH+]2)cc(OCC)c1OCC. The predicted octanol–water partition coefficient (Wildman–Crippen LogP) is 2.63. The van der Waals surface area contributed by atoms with Crippen molar-refractivity contribution in [1.82, 2.24) is 5.32 Å². The van der Waals surface area contributed by atoms with Crippen molar-refractivity contribution >= 4 is 5.91 Å². The van der Waals surface area contributed by atoms with E-state index in [-0.39, 0.29) is 5.91 Å². The first kappa shape index (κ1) is 18.6. The highest BCUT2D eigenvalue weighted by Crippen LogP contribution is 2.39. The Labute approximate surface area is 148 Å². The minimum Gasteiger partial charge on any atom is -0.490 e. The van der Waals surface area contributed by atoms with Gasteiger partial charge in [-0.2, -0.15) is 0 Å². The molecule has 0 aliphatic heterocycles. The van der Waals surface area contributed by atoms with Gasteiger partial charge in [0.15, 0.2) is 23.4 Å². The zero-order chi connectivity index (χ0) is 18.1. The van der Waals surface area contributed by atoms with Crippen molar-refractivity contribution in [3.05, 3.63) is 47.8 Å². The molecule has 1 aromatic carbocycles. The lowest BCUT2D eigenvalue weighted by Gasteiger charge is -2.17. The molecule has 2 rings (SSSR count). The van der Waals surface area contributed by atoms with Crippen molar-refractivity contribution in [2.24, 2.45) is 0 Å². The van der Waals surface area contributed by atoms with Crippen molar-refractivity contribution < 1.29 is 24.0 Å². The van der Waals surface area contributed by atoms with Crippen LogP contribution in [0.25, 0.3) is 0 Å². The monoisotopic (exact) mass is 345 g/mol. The van der Waals surface area contributed by atoms with Crippen LogP contribution in [0.3, 0.4) is 0 Å². The first-order valence-electron chi connectivity index (χ1n) is 8.49. The summed E-state index contributed by atoms with van der Waals surface area (Å²) in [5, 5.41) is 2.88. The van der Waals surface area contributed by atoms with Crippen molar-refractivity contribution in [2.75, 3.05) is 19.8 Å². The largest absolute Gasteiger partial charge is 0.490 e.